The minimum Gasteiger partial charge on any atom is -0.461 e. The number of fused-ring (bicyclic) bond motifs is 2. The Bertz CT molecular complexity index is 1220. The van der Waals surface area contributed by atoms with Crippen molar-refractivity contribution in [3.05, 3.63) is 90.0 Å². The lowest BCUT2D eigenvalue weighted by atomic mass is 9.83. The lowest BCUT2D eigenvalue weighted by molar-refractivity contribution is -0.200. The molecular formula is C25H22N2O4S. The number of carbonyl (C=O) groups excluding carboxylic acids is 1. The number of benzene rings is 3. The number of para-hydroxylation sites is 2. The van der Waals surface area contributed by atoms with Gasteiger partial charge in [0.05, 0.1) is 16.3 Å². The summed E-state index contributed by atoms with van der Waals surface area (Å²) < 4.78 is 12.5. The maximum absolute atomic E-state index is 13.3. The summed E-state index contributed by atoms with van der Waals surface area (Å²) in [4.78, 5) is 17.9. The van der Waals surface area contributed by atoms with Gasteiger partial charge in [-0.2, -0.15) is 0 Å². The Morgan fingerprint density at radius 1 is 1.09 bits per heavy atom. The first-order chi connectivity index (χ1) is 15.5. The predicted molar refractivity (Wildman–Crippen MR) is 123 cm³/mol. The largest absolute Gasteiger partial charge is 0.461 e. The number of hydrogen-bond donors (Lipinski definition) is 2. The van der Waals surface area contributed by atoms with Gasteiger partial charge in [0.2, 0.25) is 5.79 Å². The van der Waals surface area contributed by atoms with Gasteiger partial charge >= 0.3 is 5.97 Å². The van der Waals surface area contributed by atoms with E-state index in [-0.39, 0.29) is 6.61 Å². The first-order valence-electron chi connectivity index (χ1n) is 10.3. The third-order valence-corrected chi connectivity index (χ3v) is 6.50. The van der Waals surface area contributed by atoms with Crippen LogP contribution < -0.4 is 10.1 Å². The summed E-state index contributed by atoms with van der Waals surface area (Å²) in [5.74, 6) is -2.81. The molecule has 0 spiro atoms. The van der Waals surface area contributed by atoms with Crippen LogP contribution in [0.2, 0.25) is 0 Å². The highest BCUT2D eigenvalue weighted by molar-refractivity contribution is 7.22. The molecule has 0 saturated carbocycles. The highest BCUT2D eigenvalue weighted by atomic mass is 32.1. The third-order valence-electron chi connectivity index (χ3n) is 5.53. The van der Waals surface area contributed by atoms with Gasteiger partial charge in [0.15, 0.2) is 5.13 Å². The van der Waals surface area contributed by atoms with Gasteiger partial charge in [-0.1, -0.05) is 72.0 Å². The number of thiazole rings is 1. The number of nitrogens with one attached hydrogen (secondary N) is 1. The second kappa shape index (κ2) is 8.26. The Balaban J connectivity index is 1.49. The molecule has 5 rings (SSSR count). The number of hydrogen-bond acceptors (Lipinski definition) is 7. The van der Waals surface area contributed by atoms with Crippen LogP contribution >= 0.6 is 11.3 Å². The van der Waals surface area contributed by atoms with Gasteiger partial charge < -0.3 is 19.9 Å². The topological polar surface area (TPSA) is 80.7 Å². The molecule has 0 unspecified atom stereocenters. The Morgan fingerprint density at radius 3 is 2.62 bits per heavy atom. The number of nitrogens with zero attached hydrogens (tertiary/aromatic N) is 1. The van der Waals surface area contributed by atoms with Gasteiger partial charge in [0.1, 0.15) is 18.3 Å². The average Bonchev–Trinajstić information content (AvgIpc) is 3.20. The molecule has 1 aliphatic heterocycles. The third kappa shape index (κ3) is 3.92. The fraction of sp³-hybridized carbons (Fsp3) is 0.200. The van der Waals surface area contributed by atoms with E-state index in [2.05, 4.69) is 10.3 Å². The maximum Gasteiger partial charge on any atom is 0.318 e. The molecule has 3 aromatic carbocycles. The fourth-order valence-corrected chi connectivity index (χ4v) is 4.91. The Kier molecular flexibility index (Phi) is 5.28. The van der Waals surface area contributed by atoms with Gasteiger partial charge in [0.25, 0.3) is 0 Å². The van der Waals surface area contributed by atoms with Crippen LogP contribution in [0.15, 0.2) is 78.9 Å². The van der Waals surface area contributed by atoms with E-state index in [1.807, 2.05) is 72.8 Å². The number of ether oxygens (including phenoxy) is 2. The predicted octanol–water partition coefficient (Wildman–Crippen LogP) is 4.91. The van der Waals surface area contributed by atoms with Crippen LogP contribution in [0.4, 0.5) is 5.13 Å². The van der Waals surface area contributed by atoms with Crippen LogP contribution in [0, 0.1) is 5.92 Å². The molecule has 0 aliphatic carbocycles. The summed E-state index contributed by atoms with van der Waals surface area (Å²) in [6, 6.07) is 24.1. The molecule has 0 bridgehead atoms. The van der Waals surface area contributed by atoms with Crippen molar-refractivity contribution >= 4 is 32.7 Å². The SMILES string of the molecule is C[C@@]1(O)Oc2ccccc2[C@@H](Nc2nc3ccccc3s2)[C@@H]1C(=O)OCc1ccccc1. The summed E-state index contributed by atoms with van der Waals surface area (Å²) in [7, 11) is 0. The molecule has 0 saturated heterocycles. The molecule has 7 heteroatoms. The minimum atomic E-state index is -1.77. The summed E-state index contributed by atoms with van der Waals surface area (Å²) >= 11 is 1.49. The molecule has 2 heterocycles. The molecule has 0 amide bonds. The normalized spacial score (nSPS) is 22.1. The van der Waals surface area contributed by atoms with E-state index in [0.717, 1.165) is 21.3 Å². The molecule has 6 nitrogen and oxygen atoms in total. The summed E-state index contributed by atoms with van der Waals surface area (Å²) in [6.07, 6.45) is 0. The first-order valence-corrected chi connectivity index (χ1v) is 11.2. The monoisotopic (exact) mass is 446 g/mol. The van der Waals surface area contributed by atoms with E-state index in [1.165, 1.54) is 18.3 Å². The van der Waals surface area contributed by atoms with Crippen LogP contribution in [0.3, 0.4) is 0 Å². The average molecular weight is 447 g/mol. The highest BCUT2D eigenvalue weighted by Gasteiger charge is 2.51. The smallest absolute Gasteiger partial charge is 0.318 e. The van der Waals surface area contributed by atoms with E-state index in [9.17, 15) is 9.90 Å². The number of carbonyl (C=O) groups is 1. The number of esters is 1. The van der Waals surface area contributed by atoms with E-state index in [0.29, 0.717) is 10.9 Å². The van der Waals surface area contributed by atoms with Crippen molar-refractivity contribution in [2.45, 2.75) is 25.4 Å². The van der Waals surface area contributed by atoms with Gasteiger partial charge in [-0.15, -0.1) is 0 Å². The Morgan fingerprint density at radius 2 is 1.81 bits per heavy atom. The molecule has 4 aromatic rings. The van der Waals surface area contributed by atoms with E-state index in [4.69, 9.17) is 9.47 Å². The van der Waals surface area contributed by atoms with Gasteiger partial charge in [0, 0.05) is 12.5 Å². The molecule has 3 atom stereocenters. The summed E-state index contributed by atoms with van der Waals surface area (Å²) in [6.45, 7) is 1.60. The fourth-order valence-electron chi connectivity index (χ4n) is 4.01. The lowest BCUT2D eigenvalue weighted by Gasteiger charge is -2.42. The Labute approximate surface area is 189 Å². The lowest BCUT2D eigenvalue weighted by Crippen LogP contribution is -2.52. The zero-order valence-corrected chi connectivity index (χ0v) is 18.2. The molecule has 2 N–H and O–H groups in total. The minimum absolute atomic E-state index is 0.113. The van der Waals surface area contributed by atoms with E-state index >= 15 is 0 Å². The maximum atomic E-state index is 13.3. The standard InChI is InChI=1S/C25H22N2O4S/c1-25(29)21(23(28)30-15-16-9-3-2-4-10-16)22(17-11-5-7-13-19(17)31-25)27-24-26-18-12-6-8-14-20(18)32-24/h2-14,21-22,29H,15H2,1H3,(H,26,27)/t21-,22-,25-/m1/s1. The highest BCUT2D eigenvalue weighted by Crippen LogP contribution is 2.45. The zero-order chi connectivity index (χ0) is 22.1. The summed E-state index contributed by atoms with van der Waals surface area (Å²) in [5, 5.41) is 15.2. The van der Waals surface area contributed by atoms with E-state index < -0.39 is 23.7 Å². The van der Waals surface area contributed by atoms with Crippen LogP contribution in [-0.4, -0.2) is 21.8 Å². The van der Waals surface area contributed by atoms with Crippen LogP contribution in [0.5, 0.6) is 5.75 Å². The van der Waals surface area contributed by atoms with Gasteiger partial charge in [-0.05, 0) is 23.8 Å². The molecule has 1 aliphatic rings. The molecular weight excluding hydrogens is 424 g/mol. The van der Waals surface area contributed by atoms with Crippen molar-refractivity contribution in [3.63, 3.8) is 0 Å². The van der Waals surface area contributed by atoms with Crippen molar-refractivity contribution in [2.24, 2.45) is 5.92 Å². The van der Waals surface area contributed by atoms with E-state index in [1.54, 1.807) is 6.07 Å². The Hall–Kier alpha value is -3.42. The molecule has 0 radical (unpaired) electrons. The van der Waals surface area contributed by atoms with Crippen molar-refractivity contribution in [2.75, 3.05) is 5.32 Å². The molecule has 32 heavy (non-hydrogen) atoms. The number of aliphatic hydroxyl groups is 1. The zero-order valence-electron chi connectivity index (χ0n) is 17.4. The second-order valence-corrected chi connectivity index (χ2v) is 8.90. The van der Waals surface area contributed by atoms with Crippen LogP contribution in [0.25, 0.3) is 10.2 Å². The van der Waals surface area contributed by atoms with Gasteiger partial charge in [-0.25, -0.2) is 4.98 Å². The molecule has 162 valence electrons. The van der Waals surface area contributed by atoms with Crippen molar-refractivity contribution in [3.8, 4) is 5.75 Å². The number of aromatic nitrogens is 1. The molecule has 0 fully saturated rings. The first kappa shape index (κ1) is 20.5. The summed E-state index contributed by atoms with van der Waals surface area (Å²) in [5.41, 5.74) is 2.50. The van der Waals surface area contributed by atoms with Crippen molar-refractivity contribution in [1.29, 1.82) is 0 Å². The second-order valence-electron chi connectivity index (χ2n) is 7.87. The number of anilines is 1. The van der Waals surface area contributed by atoms with Crippen LogP contribution in [-0.2, 0) is 16.1 Å². The van der Waals surface area contributed by atoms with Gasteiger partial charge in [-0.3, -0.25) is 4.79 Å². The van der Waals surface area contributed by atoms with Crippen LogP contribution in [0.1, 0.15) is 24.1 Å². The quantitative estimate of drug-likeness (QED) is 0.424. The number of rotatable bonds is 5. The molecule has 1 aromatic heterocycles. The van der Waals surface area contributed by atoms with Crippen molar-refractivity contribution in [1.82, 2.24) is 4.98 Å². The van der Waals surface area contributed by atoms with Crippen molar-refractivity contribution < 1.29 is 19.4 Å².